The number of benzene rings is 2. The summed E-state index contributed by atoms with van der Waals surface area (Å²) < 4.78 is 6.77. The van der Waals surface area contributed by atoms with E-state index in [1.807, 2.05) is 68.4 Å². The summed E-state index contributed by atoms with van der Waals surface area (Å²) in [4.78, 5) is 26.1. The average Bonchev–Trinajstić information content (AvgIpc) is 3.23. The summed E-state index contributed by atoms with van der Waals surface area (Å²) in [6, 6.07) is 16.8. The van der Waals surface area contributed by atoms with Gasteiger partial charge in [-0.3, -0.25) is 19.8 Å². The molecular formula is C22H22N4O3. The first kappa shape index (κ1) is 18.6. The van der Waals surface area contributed by atoms with Crippen molar-refractivity contribution >= 4 is 0 Å². The molecule has 2 aromatic carbocycles. The molecule has 1 unspecified atom stereocenters. The number of hydrogen-bond donors (Lipinski definition) is 3. The molecule has 7 nitrogen and oxygen atoms in total. The zero-order valence-electron chi connectivity index (χ0n) is 16.4. The second-order valence-corrected chi connectivity index (χ2v) is 6.95. The van der Waals surface area contributed by atoms with E-state index in [9.17, 15) is 9.59 Å². The van der Waals surface area contributed by atoms with Crippen molar-refractivity contribution < 1.29 is 4.74 Å². The van der Waals surface area contributed by atoms with Crippen LogP contribution < -0.4 is 15.9 Å². The Balaban J connectivity index is 1.96. The minimum Gasteiger partial charge on any atom is -0.497 e. The Morgan fingerprint density at radius 1 is 0.862 bits per heavy atom. The smallest absolute Gasteiger partial charge is 0.275 e. The van der Waals surface area contributed by atoms with Gasteiger partial charge in [-0.15, -0.1) is 0 Å². The molecule has 2 aromatic heterocycles. The molecule has 0 amide bonds. The number of aromatic amines is 3. The maximum absolute atomic E-state index is 13.4. The highest BCUT2D eigenvalue weighted by atomic mass is 16.5. The van der Waals surface area contributed by atoms with E-state index in [1.165, 1.54) is 4.68 Å². The van der Waals surface area contributed by atoms with Crippen LogP contribution in [0, 0.1) is 13.8 Å². The van der Waals surface area contributed by atoms with Crippen molar-refractivity contribution in [3.63, 3.8) is 0 Å². The number of H-pyrrole nitrogens is 3. The van der Waals surface area contributed by atoms with E-state index in [-0.39, 0.29) is 11.1 Å². The highest BCUT2D eigenvalue weighted by Crippen LogP contribution is 2.32. The molecule has 0 saturated heterocycles. The lowest BCUT2D eigenvalue weighted by Gasteiger charge is -2.16. The van der Waals surface area contributed by atoms with Crippen LogP contribution in [0.15, 0.2) is 64.2 Å². The van der Waals surface area contributed by atoms with E-state index >= 15 is 0 Å². The van der Waals surface area contributed by atoms with Crippen LogP contribution in [0.5, 0.6) is 5.75 Å². The number of ether oxygens (including phenoxy) is 1. The van der Waals surface area contributed by atoms with E-state index in [2.05, 4.69) is 15.3 Å². The highest BCUT2D eigenvalue weighted by molar-refractivity contribution is 5.47. The van der Waals surface area contributed by atoms with Crippen LogP contribution in [0.4, 0.5) is 0 Å². The zero-order valence-corrected chi connectivity index (χ0v) is 16.4. The summed E-state index contributed by atoms with van der Waals surface area (Å²) in [6.07, 6.45) is 0. The predicted octanol–water partition coefficient (Wildman–Crippen LogP) is 2.99. The summed E-state index contributed by atoms with van der Waals surface area (Å²) in [7, 11) is 1.60. The Bertz CT molecular complexity index is 1240. The van der Waals surface area contributed by atoms with Gasteiger partial charge < -0.3 is 9.84 Å². The van der Waals surface area contributed by atoms with Crippen LogP contribution in [-0.4, -0.2) is 27.1 Å². The molecule has 29 heavy (non-hydrogen) atoms. The third kappa shape index (κ3) is 3.20. The molecule has 0 aliphatic heterocycles. The van der Waals surface area contributed by atoms with Gasteiger partial charge in [0.2, 0.25) is 0 Å². The van der Waals surface area contributed by atoms with Crippen molar-refractivity contribution in [3.05, 3.63) is 103 Å². The van der Waals surface area contributed by atoms with Gasteiger partial charge >= 0.3 is 0 Å². The van der Waals surface area contributed by atoms with E-state index in [1.54, 1.807) is 7.11 Å². The lowest BCUT2D eigenvalue weighted by atomic mass is 9.85. The topological polar surface area (TPSA) is 95.7 Å². The molecule has 3 N–H and O–H groups in total. The number of aryl methyl sites for hydroxylation is 2. The highest BCUT2D eigenvalue weighted by Gasteiger charge is 2.29. The molecule has 4 aromatic rings. The third-order valence-electron chi connectivity index (χ3n) is 5.17. The maximum Gasteiger partial charge on any atom is 0.275 e. The first-order valence-electron chi connectivity index (χ1n) is 9.29. The number of hydrogen-bond acceptors (Lipinski definition) is 3. The summed E-state index contributed by atoms with van der Waals surface area (Å²) in [5.41, 5.74) is 3.60. The second kappa shape index (κ2) is 7.35. The standard InChI is InChI=1S/C22H22N4O3/c1-13-18(21(27)24-23-13)20(15-9-11-17(29-3)12-10-15)19-14(2)25-26(22(19)28)16-7-5-4-6-8-16/h4-12,20,25H,1-3H3,(H2,23,24,27). The summed E-state index contributed by atoms with van der Waals surface area (Å²) in [5.74, 6) is 0.185. The fourth-order valence-corrected chi connectivity index (χ4v) is 3.74. The number of para-hydroxylation sites is 1. The van der Waals surface area contributed by atoms with Crippen LogP contribution in [0.25, 0.3) is 5.69 Å². The molecule has 0 bridgehead atoms. The minimum atomic E-state index is -0.524. The molecule has 0 spiro atoms. The predicted molar refractivity (Wildman–Crippen MR) is 111 cm³/mol. The number of aromatic nitrogens is 4. The Morgan fingerprint density at radius 2 is 1.55 bits per heavy atom. The van der Waals surface area contributed by atoms with Gasteiger partial charge in [0, 0.05) is 17.3 Å². The van der Waals surface area contributed by atoms with Gasteiger partial charge in [-0.25, -0.2) is 4.68 Å². The first-order chi connectivity index (χ1) is 14.0. The Kier molecular flexibility index (Phi) is 4.72. The van der Waals surface area contributed by atoms with E-state index < -0.39 is 5.92 Å². The van der Waals surface area contributed by atoms with Crippen LogP contribution >= 0.6 is 0 Å². The maximum atomic E-state index is 13.4. The number of nitrogens with zero attached hydrogens (tertiary/aromatic N) is 1. The van der Waals surface area contributed by atoms with Crippen LogP contribution in [-0.2, 0) is 0 Å². The van der Waals surface area contributed by atoms with Gasteiger partial charge in [-0.1, -0.05) is 30.3 Å². The molecule has 0 fully saturated rings. The molecule has 0 aliphatic carbocycles. The lowest BCUT2D eigenvalue weighted by molar-refractivity contribution is 0.414. The van der Waals surface area contributed by atoms with Gasteiger partial charge in [0.05, 0.1) is 23.9 Å². The van der Waals surface area contributed by atoms with Crippen molar-refractivity contribution in [2.24, 2.45) is 0 Å². The van der Waals surface area contributed by atoms with Crippen LogP contribution in [0.1, 0.15) is 34.0 Å². The largest absolute Gasteiger partial charge is 0.497 e. The Morgan fingerprint density at radius 3 is 2.14 bits per heavy atom. The molecule has 7 heteroatoms. The number of nitrogens with one attached hydrogen (secondary N) is 3. The molecule has 2 heterocycles. The molecule has 0 radical (unpaired) electrons. The minimum absolute atomic E-state index is 0.186. The van der Waals surface area contributed by atoms with Crippen molar-refractivity contribution in [3.8, 4) is 11.4 Å². The monoisotopic (exact) mass is 390 g/mol. The van der Waals surface area contributed by atoms with Crippen molar-refractivity contribution in [2.75, 3.05) is 7.11 Å². The quantitative estimate of drug-likeness (QED) is 0.489. The second-order valence-electron chi connectivity index (χ2n) is 6.95. The van der Waals surface area contributed by atoms with E-state index in [0.717, 1.165) is 11.3 Å². The number of methoxy groups -OCH3 is 1. The van der Waals surface area contributed by atoms with Crippen molar-refractivity contribution in [1.82, 2.24) is 20.0 Å². The van der Waals surface area contributed by atoms with Crippen molar-refractivity contribution in [1.29, 1.82) is 0 Å². The van der Waals surface area contributed by atoms with Gasteiger partial charge in [0.15, 0.2) is 0 Å². The van der Waals surface area contributed by atoms with Gasteiger partial charge in [0.25, 0.3) is 11.1 Å². The normalized spacial score (nSPS) is 12.1. The fourth-order valence-electron chi connectivity index (χ4n) is 3.74. The number of rotatable bonds is 5. The third-order valence-corrected chi connectivity index (χ3v) is 5.17. The lowest BCUT2D eigenvalue weighted by Crippen LogP contribution is -2.23. The summed E-state index contributed by atoms with van der Waals surface area (Å²) in [6.45, 7) is 3.67. The van der Waals surface area contributed by atoms with E-state index in [0.29, 0.717) is 28.3 Å². The molecule has 1 atom stereocenters. The Hall–Kier alpha value is -3.74. The molecule has 148 valence electrons. The molecular weight excluding hydrogens is 368 g/mol. The summed E-state index contributed by atoms with van der Waals surface area (Å²) >= 11 is 0. The SMILES string of the molecule is COc1ccc(C(c2c(C)[nH][nH]c2=O)c2c(C)[nH]n(-c3ccccc3)c2=O)cc1. The Labute approximate surface area is 167 Å². The first-order valence-corrected chi connectivity index (χ1v) is 9.29. The molecule has 4 rings (SSSR count). The van der Waals surface area contributed by atoms with Crippen LogP contribution in [0.3, 0.4) is 0 Å². The van der Waals surface area contributed by atoms with E-state index in [4.69, 9.17) is 4.74 Å². The molecule has 0 aliphatic rings. The van der Waals surface area contributed by atoms with Gasteiger partial charge in [-0.2, -0.15) is 0 Å². The average molecular weight is 390 g/mol. The summed E-state index contributed by atoms with van der Waals surface area (Å²) in [5, 5.41) is 8.67. The zero-order chi connectivity index (χ0) is 20.5. The van der Waals surface area contributed by atoms with Crippen LogP contribution in [0.2, 0.25) is 0 Å². The molecule has 0 saturated carbocycles. The fraction of sp³-hybridized carbons (Fsp3) is 0.182. The van der Waals surface area contributed by atoms with Gasteiger partial charge in [0.1, 0.15) is 5.75 Å². The van der Waals surface area contributed by atoms with Gasteiger partial charge in [-0.05, 0) is 43.7 Å². The van der Waals surface area contributed by atoms with Crippen molar-refractivity contribution in [2.45, 2.75) is 19.8 Å².